The Bertz CT molecular complexity index is 1300. The second-order valence-electron chi connectivity index (χ2n) is 8.54. The molecule has 0 spiro atoms. The Balaban J connectivity index is 1.34. The largest absolute Gasteiger partial charge is 0.356 e. The zero-order valence-corrected chi connectivity index (χ0v) is 20.9. The van der Waals surface area contributed by atoms with E-state index in [1.165, 1.54) is 35.0 Å². The summed E-state index contributed by atoms with van der Waals surface area (Å²) in [5, 5.41) is 3.44. The van der Waals surface area contributed by atoms with Gasteiger partial charge < -0.3 is 10.3 Å². The Labute approximate surface area is 214 Å². The van der Waals surface area contributed by atoms with E-state index in [2.05, 4.69) is 39.6 Å². The van der Waals surface area contributed by atoms with E-state index in [4.69, 9.17) is 0 Å². The van der Waals surface area contributed by atoms with Gasteiger partial charge in [0.2, 0.25) is 5.91 Å². The Kier molecular flexibility index (Phi) is 8.68. The number of benzene rings is 3. The predicted octanol–water partition coefficient (Wildman–Crippen LogP) is 5.39. The molecule has 2 N–H and O–H groups in total. The fourth-order valence-electron chi connectivity index (χ4n) is 4.07. The summed E-state index contributed by atoms with van der Waals surface area (Å²) in [4.78, 5) is 32.6. The monoisotopic (exact) mass is 501 g/mol. The molecule has 0 radical (unpaired) electrons. The van der Waals surface area contributed by atoms with Crippen LogP contribution in [0.1, 0.15) is 40.3 Å². The first-order valence-electron chi connectivity index (χ1n) is 11.8. The minimum atomic E-state index is -0.314. The first-order chi connectivity index (χ1) is 17.5. The highest BCUT2D eigenvalue weighted by molar-refractivity contribution is 7.98. The third-order valence-corrected chi connectivity index (χ3v) is 6.93. The number of nitrogens with zero attached hydrogens (tertiary/aromatic N) is 1. The van der Waals surface area contributed by atoms with E-state index >= 15 is 0 Å². The molecule has 3 aromatic carbocycles. The van der Waals surface area contributed by atoms with E-state index in [-0.39, 0.29) is 29.6 Å². The Morgan fingerprint density at radius 2 is 1.58 bits per heavy atom. The molecule has 0 aliphatic rings. The fourth-order valence-corrected chi connectivity index (χ4v) is 4.93. The second kappa shape index (κ2) is 12.3. The van der Waals surface area contributed by atoms with Gasteiger partial charge in [-0.2, -0.15) is 0 Å². The number of nitrogens with one attached hydrogen (secondary N) is 2. The van der Waals surface area contributed by atoms with Gasteiger partial charge in [-0.25, -0.2) is 9.37 Å². The van der Waals surface area contributed by atoms with Gasteiger partial charge in [0.25, 0.3) is 5.56 Å². The van der Waals surface area contributed by atoms with E-state index in [0.717, 1.165) is 12.0 Å². The molecule has 1 heterocycles. The highest BCUT2D eigenvalue weighted by atomic mass is 32.2. The molecule has 4 aromatic rings. The van der Waals surface area contributed by atoms with Gasteiger partial charge in [0.15, 0.2) is 5.16 Å². The lowest BCUT2D eigenvalue weighted by Crippen LogP contribution is -2.30. The zero-order chi connectivity index (χ0) is 25.3. The van der Waals surface area contributed by atoms with Crippen molar-refractivity contribution in [2.24, 2.45) is 0 Å². The number of amides is 1. The van der Waals surface area contributed by atoms with E-state index in [0.29, 0.717) is 28.7 Å². The number of aromatic amines is 1. The van der Waals surface area contributed by atoms with Gasteiger partial charge in [-0.15, -0.1) is 0 Å². The SMILES string of the molecule is Cc1nc(SCc2ccc(F)cc2)[nH]c(=O)c1CC(=O)NCCC(c1ccccc1)c1ccccc1. The lowest BCUT2D eigenvalue weighted by Gasteiger charge is -2.18. The topological polar surface area (TPSA) is 74.8 Å². The molecule has 5 nitrogen and oxygen atoms in total. The highest BCUT2D eigenvalue weighted by Gasteiger charge is 2.16. The van der Waals surface area contributed by atoms with Crippen molar-refractivity contribution in [3.8, 4) is 0 Å². The van der Waals surface area contributed by atoms with Crippen LogP contribution in [0.2, 0.25) is 0 Å². The molecule has 7 heteroatoms. The number of rotatable bonds is 10. The average molecular weight is 502 g/mol. The van der Waals surface area contributed by atoms with Crippen LogP contribution in [0.5, 0.6) is 0 Å². The van der Waals surface area contributed by atoms with Gasteiger partial charge >= 0.3 is 0 Å². The number of carbonyl (C=O) groups excluding carboxylic acids is 1. The quantitative estimate of drug-likeness (QED) is 0.226. The minimum absolute atomic E-state index is 0.0293. The van der Waals surface area contributed by atoms with Crippen LogP contribution < -0.4 is 10.9 Å². The van der Waals surface area contributed by atoms with Crippen LogP contribution in [0.3, 0.4) is 0 Å². The first-order valence-corrected chi connectivity index (χ1v) is 12.8. The maximum absolute atomic E-state index is 13.1. The lowest BCUT2D eigenvalue weighted by atomic mass is 9.88. The van der Waals surface area contributed by atoms with Crippen molar-refractivity contribution < 1.29 is 9.18 Å². The van der Waals surface area contributed by atoms with Crippen LogP contribution >= 0.6 is 11.8 Å². The third-order valence-electron chi connectivity index (χ3n) is 5.99. The van der Waals surface area contributed by atoms with Crippen molar-refractivity contribution in [1.82, 2.24) is 15.3 Å². The highest BCUT2D eigenvalue weighted by Crippen LogP contribution is 2.27. The van der Waals surface area contributed by atoms with Crippen molar-refractivity contribution in [3.63, 3.8) is 0 Å². The molecule has 1 amide bonds. The Morgan fingerprint density at radius 1 is 0.972 bits per heavy atom. The number of carbonyl (C=O) groups is 1. The van der Waals surface area contributed by atoms with Gasteiger partial charge in [-0.3, -0.25) is 9.59 Å². The molecule has 1 aromatic heterocycles. The zero-order valence-electron chi connectivity index (χ0n) is 20.0. The lowest BCUT2D eigenvalue weighted by molar-refractivity contribution is -0.120. The number of hydrogen-bond acceptors (Lipinski definition) is 4. The average Bonchev–Trinajstić information content (AvgIpc) is 2.89. The molecule has 0 saturated heterocycles. The number of hydrogen-bond donors (Lipinski definition) is 2. The summed E-state index contributed by atoms with van der Waals surface area (Å²) in [6.45, 7) is 2.23. The van der Waals surface area contributed by atoms with Gasteiger partial charge in [0, 0.05) is 29.5 Å². The van der Waals surface area contributed by atoms with Crippen LogP contribution in [0.15, 0.2) is 94.9 Å². The van der Waals surface area contributed by atoms with Gasteiger partial charge in [-0.1, -0.05) is 84.6 Å². The van der Waals surface area contributed by atoms with Crippen molar-refractivity contribution in [2.75, 3.05) is 6.54 Å². The summed E-state index contributed by atoms with van der Waals surface area (Å²) in [6, 6.07) is 26.7. The molecule has 0 unspecified atom stereocenters. The minimum Gasteiger partial charge on any atom is -0.356 e. The number of halogens is 1. The van der Waals surface area contributed by atoms with Crippen molar-refractivity contribution >= 4 is 17.7 Å². The molecule has 0 atom stereocenters. The summed E-state index contributed by atoms with van der Waals surface area (Å²) in [5.74, 6) is 0.213. The number of aryl methyl sites for hydroxylation is 1. The van der Waals surface area contributed by atoms with E-state index in [1.54, 1.807) is 19.1 Å². The van der Waals surface area contributed by atoms with E-state index < -0.39 is 0 Å². The summed E-state index contributed by atoms with van der Waals surface area (Å²) < 4.78 is 13.1. The fraction of sp³-hybridized carbons (Fsp3) is 0.207. The van der Waals surface area contributed by atoms with Crippen LogP contribution in [-0.4, -0.2) is 22.4 Å². The van der Waals surface area contributed by atoms with Crippen LogP contribution in [0.4, 0.5) is 4.39 Å². The van der Waals surface area contributed by atoms with Crippen molar-refractivity contribution in [2.45, 2.75) is 36.6 Å². The maximum atomic E-state index is 13.1. The standard InChI is InChI=1S/C29H28FN3O2S/c1-20-26(28(35)33-29(32-20)36-19-21-12-14-24(30)15-13-21)18-27(34)31-17-16-25(22-8-4-2-5-9-22)23-10-6-3-7-11-23/h2-15,25H,16-19H2,1H3,(H,31,34)(H,32,33,35). The summed E-state index contributed by atoms with van der Waals surface area (Å²) >= 11 is 1.36. The molecule has 36 heavy (non-hydrogen) atoms. The molecule has 184 valence electrons. The summed E-state index contributed by atoms with van der Waals surface area (Å²) in [7, 11) is 0. The van der Waals surface area contributed by atoms with Crippen LogP contribution in [-0.2, 0) is 17.0 Å². The number of thioether (sulfide) groups is 1. The van der Waals surface area contributed by atoms with Crippen LogP contribution in [0.25, 0.3) is 0 Å². The molecule has 0 aliphatic heterocycles. The van der Waals surface area contributed by atoms with Gasteiger partial charge in [0.05, 0.1) is 6.42 Å². The van der Waals surface area contributed by atoms with E-state index in [9.17, 15) is 14.0 Å². The molecular weight excluding hydrogens is 473 g/mol. The number of aromatic nitrogens is 2. The third kappa shape index (κ3) is 6.92. The Morgan fingerprint density at radius 3 is 2.17 bits per heavy atom. The smallest absolute Gasteiger partial charge is 0.255 e. The second-order valence-corrected chi connectivity index (χ2v) is 9.50. The van der Waals surface area contributed by atoms with Crippen molar-refractivity contribution in [3.05, 3.63) is 129 Å². The molecule has 4 rings (SSSR count). The molecule has 0 aliphatic carbocycles. The van der Waals surface area contributed by atoms with Gasteiger partial charge in [-0.05, 0) is 42.2 Å². The summed E-state index contributed by atoms with van der Waals surface area (Å²) in [6.07, 6.45) is 0.713. The molecule has 0 saturated carbocycles. The Hall–Kier alpha value is -3.71. The normalized spacial score (nSPS) is 11.0. The predicted molar refractivity (Wildman–Crippen MR) is 142 cm³/mol. The van der Waals surface area contributed by atoms with Crippen molar-refractivity contribution in [1.29, 1.82) is 0 Å². The number of H-pyrrole nitrogens is 1. The molecular formula is C29H28FN3O2S. The van der Waals surface area contributed by atoms with E-state index in [1.807, 2.05) is 36.4 Å². The molecule has 0 fully saturated rings. The summed E-state index contributed by atoms with van der Waals surface area (Å²) in [5.41, 5.74) is 3.90. The van der Waals surface area contributed by atoms with Gasteiger partial charge in [0.1, 0.15) is 5.82 Å². The molecule has 0 bridgehead atoms. The maximum Gasteiger partial charge on any atom is 0.255 e. The van der Waals surface area contributed by atoms with Crippen LogP contribution in [0, 0.1) is 12.7 Å². The first kappa shape index (κ1) is 25.4.